The van der Waals surface area contributed by atoms with E-state index in [1.165, 1.54) is 5.56 Å². The zero-order valence-corrected chi connectivity index (χ0v) is 11.6. The SMILES string of the molecule is Clc1ccc2c(NCCCc3ccncc3)noc2c1. The second kappa shape index (κ2) is 5.92. The third kappa shape index (κ3) is 2.91. The zero-order valence-electron chi connectivity index (χ0n) is 10.8. The molecule has 0 aliphatic carbocycles. The lowest BCUT2D eigenvalue weighted by molar-refractivity contribution is 0.459. The molecule has 3 aromatic rings. The number of hydrogen-bond acceptors (Lipinski definition) is 4. The summed E-state index contributed by atoms with van der Waals surface area (Å²) in [5, 5.41) is 8.93. The van der Waals surface area contributed by atoms with Gasteiger partial charge in [0, 0.05) is 30.0 Å². The van der Waals surface area contributed by atoms with Gasteiger partial charge in [-0.05, 0) is 42.7 Å². The van der Waals surface area contributed by atoms with E-state index in [2.05, 4.69) is 15.5 Å². The first kappa shape index (κ1) is 12.9. The van der Waals surface area contributed by atoms with Crippen LogP contribution in [0.4, 0.5) is 5.82 Å². The maximum Gasteiger partial charge on any atom is 0.177 e. The van der Waals surface area contributed by atoms with Crippen LogP contribution in [0.2, 0.25) is 5.02 Å². The molecule has 2 aromatic heterocycles. The van der Waals surface area contributed by atoms with Crippen LogP contribution >= 0.6 is 11.6 Å². The molecular weight excluding hydrogens is 274 g/mol. The molecule has 0 saturated carbocycles. The Morgan fingerprint density at radius 3 is 2.85 bits per heavy atom. The molecule has 0 aliphatic heterocycles. The highest BCUT2D eigenvalue weighted by atomic mass is 35.5. The molecule has 20 heavy (non-hydrogen) atoms. The van der Waals surface area contributed by atoms with E-state index in [9.17, 15) is 0 Å². The molecule has 3 rings (SSSR count). The number of nitrogens with one attached hydrogen (secondary N) is 1. The molecule has 0 bridgehead atoms. The lowest BCUT2D eigenvalue weighted by Gasteiger charge is -2.03. The van der Waals surface area contributed by atoms with Gasteiger partial charge in [-0.2, -0.15) is 0 Å². The minimum absolute atomic E-state index is 0.651. The maximum absolute atomic E-state index is 5.91. The fourth-order valence-electron chi connectivity index (χ4n) is 2.09. The zero-order chi connectivity index (χ0) is 13.8. The van der Waals surface area contributed by atoms with Gasteiger partial charge in [-0.3, -0.25) is 4.98 Å². The van der Waals surface area contributed by atoms with Gasteiger partial charge in [0.1, 0.15) is 0 Å². The van der Waals surface area contributed by atoms with Crippen molar-refractivity contribution < 1.29 is 4.52 Å². The average Bonchev–Trinajstić information content (AvgIpc) is 2.87. The quantitative estimate of drug-likeness (QED) is 0.723. The Kier molecular flexibility index (Phi) is 3.83. The molecule has 0 saturated heterocycles. The molecule has 5 heteroatoms. The van der Waals surface area contributed by atoms with E-state index >= 15 is 0 Å². The van der Waals surface area contributed by atoms with Crippen molar-refractivity contribution in [3.8, 4) is 0 Å². The van der Waals surface area contributed by atoms with Gasteiger partial charge in [0.25, 0.3) is 0 Å². The number of hydrogen-bond donors (Lipinski definition) is 1. The largest absolute Gasteiger partial charge is 0.367 e. The van der Waals surface area contributed by atoms with Crippen LogP contribution in [0.3, 0.4) is 0 Å². The van der Waals surface area contributed by atoms with Gasteiger partial charge in [0.2, 0.25) is 0 Å². The van der Waals surface area contributed by atoms with Crippen LogP contribution in [0.15, 0.2) is 47.2 Å². The van der Waals surface area contributed by atoms with E-state index < -0.39 is 0 Å². The molecule has 1 N–H and O–H groups in total. The van der Waals surface area contributed by atoms with Crippen LogP contribution in [0.25, 0.3) is 11.0 Å². The Morgan fingerprint density at radius 1 is 1.15 bits per heavy atom. The molecule has 0 aliphatic rings. The van der Waals surface area contributed by atoms with Crippen molar-refractivity contribution in [1.82, 2.24) is 10.1 Å². The molecule has 0 atom stereocenters. The molecule has 2 heterocycles. The molecule has 0 fully saturated rings. The molecule has 0 unspecified atom stereocenters. The number of halogens is 1. The van der Waals surface area contributed by atoms with Crippen LogP contribution in [0, 0.1) is 0 Å². The van der Waals surface area contributed by atoms with Crippen LogP contribution in [-0.2, 0) is 6.42 Å². The minimum Gasteiger partial charge on any atom is -0.367 e. The highest BCUT2D eigenvalue weighted by Crippen LogP contribution is 2.25. The van der Waals surface area contributed by atoms with Gasteiger partial charge >= 0.3 is 0 Å². The highest BCUT2D eigenvalue weighted by molar-refractivity contribution is 6.31. The summed E-state index contributed by atoms with van der Waals surface area (Å²) in [7, 11) is 0. The van der Waals surface area contributed by atoms with E-state index in [1.807, 2.05) is 36.7 Å². The molecule has 0 radical (unpaired) electrons. The van der Waals surface area contributed by atoms with Gasteiger partial charge in [0.15, 0.2) is 11.4 Å². The van der Waals surface area contributed by atoms with Crippen molar-refractivity contribution in [1.29, 1.82) is 0 Å². The topological polar surface area (TPSA) is 51.0 Å². The van der Waals surface area contributed by atoms with E-state index in [0.29, 0.717) is 10.6 Å². The highest BCUT2D eigenvalue weighted by Gasteiger charge is 2.07. The first-order valence-electron chi connectivity index (χ1n) is 6.50. The van der Waals surface area contributed by atoms with Gasteiger partial charge in [-0.1, -0.05) is 16.8 Å². The molecule has 0 spiro atoms. The fourth-order valence-corrected chi connectivity index (χ4v) is 2.25. The van der Waals surface area contributed by atoms with Gasteiger partial charge < -0.3 is 9.84 Å². The van der Waals surface area contributed by atoms with Crippen molar-refractivity contribution in [2.24, 2.45) is 0 Å². The lowest BCUT2D eigenvalue weighted by Crippen LogP contribution is -2.03. The van der Waals surface area contributed by atoms with Crippen LogP contribution in [0.1, 0.15) is 12.0 Å². The van der Waals surface area contributed by atoms with E-state index in [1.54, 1.807) is 6.07 Å². The first-order valence-corrected chi connectivity index (χ1v) is 6.88. The predicted octanol–water partition coefficient (Wildman–Crippen LogP) is 3.92. The molecule has 1 aromatic carbocycles. The van der Waals surface area contributed by atoms with Crippen molar-refractivity contribution in [3.05, 3.63) is 53.3 Å². The number of fused-ring (bicyclic) bond motifs is 1. The Hall–Kier alpha value is -2.07. The normalized spacial score (nSPS) is 10.8. The summed E-state index contributed by atoms with van der Waals surface area (Å²) in [5.74, 6) is 0.770. The van der Waals surface area contributed by atoms with E-state index in [4.69, 9.17) is 16.1 Å². The van der Waals surface area contributed by atoms with Crippen molar-refractivity contribution in [2.45, 2.75) is 12.8 Å². The van der Waals surface area contributed by atoms with E-state index in [0.717, 1.165) is 30.6 Å². The number of pyridine rings is 1. The summed E-state index contributed by atoms with van der Waals surface area (Å²) >= 11 is 5.91. The number of benzene rings is 1. The molecule has 0 amide bonds. The number of anilines is 1. The maximum atomic E-state index is 5.91. The Morgan fingerprint density at radius 2 is 2.00 bits per heavy atom. The summed E-state index contributed by atoms with van der Waals surface area (Å²) < 4.78 is 5.24. The average molecular weight is 288 g/mol. The van der Waals surface area contributed by atoms with E-state index in [-0.39, 0.29) is 0 Å². The van der Waals surface area contributed by atoms with Crippen LogP contribution in [-0.4, -0.2) is 16.7 Å². The van der Waals surface area contributed by atoms with Crippen molar-refractivity contribution in [2.75, 3.05) is 11.9 Å². The molecule has 4 nitrogen and oxygen atoms in total. The predicted molar refractivity (Wildman–Crippen MR) is 80.1 cm³/mol. The standard InChI is InChI=1S/C15H14ClN3O/c16-12-3-4-13-14(10-12)20-19-15(13)18-7-1-2-11-5-8-17-9-6-11/h3-6,8-10H,1-2,7H2,(H,18,19). The Labute approximate surface area is 121 Å². The number of rotatable bonds is 5. The second-order valence-electron chi connectivity index (χ2n) is 4.56. The molecular formula is C15H14ClN3O. The third-order valence-electron chi connectivity index (χ3n) is 3.12. The summed E-state index contributed by atoms with van der Waals surface area (Å²) in [6, 6.07) is 9.59. The molecule has 102 valence electrons. The Bertz CT molecular complexity index is 697. The summed E-state index contributed by atoms with van der Waals surface area (Å²) in [6.07, 6.45) is 5.67. The fraction of sp³-hybridized carbons (Fsp3) is 0.200. The van der Waals surface area contributed by atoms with Gasteiger partial charge in [-0.15, -0.1) is 0 Å². The number of aromatic nitrogens is 2. The summed E-state index contributed by atoms with van der Waals surface area (Å²) in [6.45, 7) is 0.840. The monoisotopic (exact) mass is 287 g/mol. The number of aryl methyl sites for hydroxylation is 1. The lowest BCUT2D eigenvalue weighted by atomic mass is 10.1. The van der Waals surface area contributed by atoms with Crippen molar-refractivity contribution in [3.63, 3.8) is 0 Å². The van der Waals surface area contributed by atoms with Crippen LogP contribution in [0.5, 0.6) is 0 Å². The number of nitrogens with zero attached hydrogens (tertiary/aromatic N) is 2. The second-order valence-corrected chi connectivity index (χ2v) is 4.99. The smallest absolute Gasteiger partial charge is 0.177 e. The third-order valence-corrected chi connectivity index (χ3v) is 3.35. The van der Waals surface area contributed by atoms with Crippen LogP contribution < -0.4 is 5.32 Å². The van der Waals surface area contributed by atoms with Gasteiger partial charge in [-0.25, -0.2) is 0 Å². The summed E-state index contributed by atoms with van der Waals surface area (Å²) in [5.41, 5.74) is 1.99. The first-order chi connectivity index (χ1) is 9.83. The Balaban J connectivity index is 1.58. The van der Waals surface area contributed by atoms with Crippen molar-refractivity contribution >= 4 is 28.4 Å². The van der Waals surface area contributed by atoms with Gasteiger partial charge in [0.05, 0.1) is 5.39 Å². The summed E-state index contributed by atoms with van der Waals surface area (Å²) in [4.78, 5) is 4.01. The minimum atomic E-state index is 0.651.